The summed E-state index contributed by atoms with van der Waals surface area (Å²) in [6, 6.07) is 0. The maximum atomic E-state index is 12.2. The van der Waals surface area contributed by atoms with Crippen LogP contribution in [0.25, 0.3) is 0 Å². The van der Waals surface area contributed by atoms with E-state index in [1.54, 1.807) is 0 Å². The van der Waals surface area contributed by atoms with Crippen LogP contribution in [0.3, 0.4) is 0 Å². The minimum absolute atomic E-state index is 0.00700. The number of hydrogen-bond donors (Lipinski definition) is 0. The van der Waals surface area contributed by atoms with Crippen molar-refractivity contribution in [2.24, 2.45) is 11.3 Å². The minimum atomic E-state index is -0.0258. The molecule has 0 radical (unpaired) electrons. The molecule has 2 amide bonds. The lowest BCUT2D eigenvalue weighted by Gasteiger charge is -2.28. The molecule has 0 spiro atoms. The second-order valence-electron chi connectivity index (χ2n) is 19.7. The number of amides is 2. The Bertz CT molecular complexity index is 951. The Kier molecular flexibility index (Phi) is 37.1. The number of unbranched alkanes of at least 4 members (excludes halogenated alkanes) is 24. The number of ether oxygens (including phenoxy) is 1. The van der Waals surface area contributed by atoms with Crippen LogP contribution in [0.15, 0.2) is 0 Å². The Hall–Kier alpha value is -1.43. The molecule has 0 atom stereocenters. The van der Waals surface area contributed by atoms with Gasteiger partial charge >= 0.3 is 5.97 Å². The second kappa shape index (κ2) is 39.4. The highest BCUT2D eigenvalue weighted by Crippen LogP contribution is 2.34. The van der Waals surface area contributed by atoms with Gasteiger partial charge in [0.1, 0.15) is 0 Å². The molecular formula is C53H102N2O4. The summed E-state index contributed by atoms with van der Waals surface area (Å²) in [4.78, 5) is 40.5. The average molecular weight is 831 g/mol. The molecule has 0 aromatic heterocycles. The number of nitrogens with zero attached hydrogens (tertiary/aromatic N) is 2. The molecular weight excluding hydrogens is 729 g/mol. The fraction of sp³-hybridized carbons (Fsp3) is 0.943. The lowest BCUT2D eigenvalue weighted by molar-refractivity contribution is -0.144. The van der Waals surface area contributed by atoms with Gasteiger partial charge in [-0.2, -0.15) is 0 Å². The predicted molar refractivity (Wildman–Crippen MR) is 254 cm³/mol. The molecule has 6 heteroatoms. The van der Waals surface area contributed by atoms with Crippen LogP contribution in [0.2, 0.25) is 0 Å². The van der Waals surface area contributed by atoms with Gasteiger partial charge in [0.15, 0.2) is 0 Å². The molecule has 348 valence electrons. The number of esters is 1. The summed E-state index contributed by atoms with van der Waals surface area (Å²) in [5.74, 6) is 0.924. The van der Waals surface area contributed by atoms with Gasteiger partial charge in [-0.3, -0.25) is 19.3 Å². The van der Waals surface area contributed by atoms with E-state index >= 15 is 0 Å². The summed E-state index contributed by atoms with van der Waals surface area (Å²) >= 11 is 0. The first-order valence-corrected chi connectivity index (χ1v) is 26.4. The number of hydrogen-bond acceptors (Lipinski definition) is 5. The standard InChI is InChI=1S/C53H102N2O4/c1-6-9-12-15-18-27-34-48-59-52(58)38-30-23-19-25-32-44-54(46-35-47-55-50(56)39-40-51(55)57)45-33-26-20-24-31-42-53(4,5)43-41-49(36-28-21-16-13-10-7-2)37-29-22-17-14-11-8-3/h49H,6-48H2,1-5H3. The van der Waals surface area contributed by atoms with E-state index in [9.17, 15) is 14.4 Å². The fourth-order valence-electron chi connectivity index (χ4n) is 9.16. The zero-order chi connectivity index (χ0) is 43.1. The molecule has 1 saturated heterocycles. The number of likely N-dealkylation sites (tertiary alicyclic amines) is 1. The van der Waals surface area contributed by atoms with Crippen molar-refractivity contribution in [2.45, 2.75) is 279 Å². The summed E-state index contributed by atoms with van der Waals surface area (Å²) in [6.45, 7) is 16.2. The van der Waals surface area contributed by atoms with Crippen LogP contribution in [0, 0.1) is 11.3 Å². The highest BCUT2D eigenvalue weighted by molar-refractivity contribution is 6.01. The van der Waals surface area contributed by atoms with Crippen LogP contribution in [0.5, 0.6) is 0 Å². The Morgan fingerprint density at radius 2 is 0.949 bits per heavy atom. The van der Waals surface area contributed by atoms with Gasteiger partial charge in [0.25, 0.3) is 0 Å². The first-order valence-electron chi connectivity index (χ1n) is 26.4. The predicted octanol–water partition coefficient (Wildman–Crippen LogP) is 15.7. The molecule has 0 aromatic carbocycles. The second-order valence-corrected chi connectivity index (χ2v) is 19.7. The van der Waals surface area contributed by atoms with E-state index in [-0.39, 0.29) is 17.8 Å². The van der Waals surface area contributed by atoms with Crippen molar-refractivity contribution in [3.8, 4) is 0 Å². The molecule has 59 heavy (non-hydrogen) atoms. The van der Waals surface area contributed by atoms with Crippen LogP contribution >= 0.6 is 0 Å². The van der Waals surface area contributed by atoms with Gasteiger partial charge in [0, 0.05) is 25.8 Å². The maximum absolute atomic E-state index is 12.2. The van der Waals surface area contributed by atoms with E-state index in [1.165, 1.54) is 191 Å². The molecule has 0 saturated carbocycles. The van der Waals surface area contributed by atoms with Gasteiger partial charge in [-0.1, -0.05) is 208 Å². The number of rotatable bonds is 45. The van der Waals surface area contributed by atoms with Crippen molar-refractivity contribution in [2.75, 3.05) is 32.8 Å². The fourth-order valence-corrected chi connectivity index (χ4v) is 9.16. The van der Waals surface area contributed by atoms with E-state index in [2.05, 4.69) is 39.5 Å². The average Bonchev–Trinajstić information content (AvgIpc) is 3.54. The zero-order valence-corrected chi connectivity index (χ0v) is 40.5. The van der Waals surface area contributed by atoms with Crippen molar-refractivity contribution in [1.82, 2.24) is 9.80 Å². The SMILES string of the molecule is CCCCCCCCCOC(=O)CCCCCCCN(CCCCCCCC(C)(C)CCC(CCCCCCCC)CCCCCCCC)CCCN1C(=O)CCC1=O. The Labute approximate surface area is 368 Å². The molecule has 6 nitrogen and oxygen atoms in total. The van der Waals surface area contributed by atoms with E-state index in [4.69, 9.17) is 4.74 Å². The van der Waals surface area contributed by atoms with E-state index < -0.39 is 0 Å². The lowest BCUT2D eigenvalue weighted by atomic mass is 9.78. The molecule has 0 bridgehead atoms. The van der Waals surface area contributed by atoms with Crippen LogP contribution < -0.4 is 0 Å². The first-order chi connectivity index (χ1) is 28.7. The monoisotopic (exact) mass is 831 g/mol. The van der Waals surface area contributed by atoms with Crippen molar-refractivity contribution in [1.29, 1.82) is 0 Å². The number of imide groups is 1. The summed E-state index contributed by atoms with van der Waals surface area (Å²) in [7, 11) is 0. The van der Waals surface area contributed by atoms with Crippen LogP contribution in [0.1, 0.15) is 279 Å². The van der Waals surface area contributed by atoms with E-state index in [1.807, 2.05) is 0 Å². The zero-order valence-electron chi connectivity index (χ0n) is 40.5. The molecule has 0 N–H and O–H groups in total. The van der Waals surface area contributed by atoms with Gasteiger partial charge in [-0.25, -0.2) is 0 Å². The minimum Gasteiger partial charge on any atom is -0.466 e. The summed E-state index contributed by atoms with van der Waals surface area (Å²) in [6.07, 6.45) is 47.0. The van der Waals surface area contributed by atoms with Crippen LogP contribution in [-0.2, 0) is 19.1 Å². The molecule has 1 heterocycles. The smallest absolute Gasteiger partial charge is 0.305 e. The van der Waals surface area contributed by atoms with Gasteiger partial charge < -0.3 is 9.64 Å². The highest BCUT2D eigenvalue weighted by atomic mass is 16.5. The van der Waals surface area contributed by atoms with Crippen LogP contribution in [-0.4, -0.2) is 60.4 Å². The summed E-state index contributed by atoms with van der Waals surface area (Å²) in [5, 5.41) is 0. The number of carbonyl (C=O) groups is 3. The summed E-state index contributed by atoms with van der Waals surface area (Å²) < 4.78 is 5.47. The van der Waals surface area contributed by atoms with Gasteiger partial charge in [-0.15, -0.1) is 0 Å². The van der Waals surface area contributed by atoms with E-state index in [0.29, 0.717) is 37.8 Å². The lowest BCUT2D eigenvalue weighted by Crippen LogP contribution is -2.34. The van der Waals surface area contributed by atoms with E-state index in [0.717, 1.165) is 64.1 Å². The van der Waals surface area contributed by atoms with Crippen molar-refractivity contribution in [3.05, 3.63) is 0 Å². The topological polar surface area (TPSA) is 66.9 Å². The third-order valence-electron chi connectivity index (χ3n) is 13.4. The highest BCUT2D eigenvalue weighted by Gasteiger charge is 2.28. The van der Waals surface area contributed by atoms with Crippen LogP contribution in [0.4, 0.5) is 0 Å². The quantitative estimate of drug-likeness (QED) is 0.0347. The first kappa shape index (κ1) is 55.6. The summed E-state index contributed by atoms with van der Waals surface area (Å²) in [5.41, 5.74) is 0.450. The largest absolute Gasteiger partial charge is 0.466 e. The molecule has 1 rings (SSSR count). The third kappa shape index (κ3) is 33.8. The normalized spacial score (nSPS) is 13.5. The van der Waals surface area contributed by atoms with Gasteiger partial charge in [-0.05, 0) is 82.3 Å². The van der Waals surface area contributed by atoms with Gasteiger partial charge in [0.2, 0.25) is 11.8 Å². The molecule has 1 aliphatic heterocycles. The van der Waals surface area contributed by atoms with Gasteiger partial charge in [0.05, 0.1) is 6.61 Å². The molecule has 1 fully saturated rings. The van der Waals surface area contributed by atoms with Crippen molar-refractivity contribution in [3.63, 3.8) is 0 Å². The maximum Gasteiger partial charge on any atom is 0.305 e. The Morgan fingerprint density at radius 1 is 0.525 bits per heavy atom. The van der Waals surface area contributed by atoms with Crippen molar-refractivity contribution >= 4 is 17.8 Å². The Balaban J connectivity index is 2.34. The Morgan fingerprint density at radius 3 is 1.47 bits per heavy atom. The molecule has 0 unspecified atom stereocenters. The molecule has 1 aliphatic rings. The molecule has 0 aliphatic carbocycles. The third-order valence-corrected chi connectivity index (χ3v) is 13.4. The van der Waals surface area contributed by atoms with Crippen molar-refractivity contribution < 1.29 is 19.1 Å². The molecule has 0 aromatic rings. The number of carbonyl (C=O) groups excluding carboxylic acids is 3.